The summed E-state index contributed by atoms with van der Waals surface area (Å²) in [7, 11) is 0. The van der Waals surface area contributed by atoms with E-state index in [1.807, 2.05) is 0 Å². The van der Waals surface area contributed by atoms with Gasteiger partial charge >= 0.3 is 0 Å². The van der Waals surface area contributed by atoms with Crippen molar-refractivity contribution in [1.82, 2.24) is 0 Å². The highest BCUT2D eigenvalue weighted by Crippen LogP contribution is 2.39. The van der Waals surface area contributed by atoms with Crippen LogP contribution in [0.25, 0.3) is 0 Å². The van der Waals surface area contributed by atoms with E-state index < -0.39 is 0 Å². The van der Waals surface area contributed by atoms with Crippen molar-refractivity contribution in [2.24, 2.45) is 11.3 Å². The minimum Gasteiger partial charge on any atom is -0.382 e. The highest BCUT2D eigenvalue weighted by Gasteiger charge is 2.31. The first-order chi connectivity index (χ1) is 7.94. The Kier molecular flexibility index (Phi) is 3.82. The van der Waals surface area contributed by atoms with E-state index in [4.69, 9.17) is 0 Å². The van der Waals surface area contributed by atoms with Crippen molar-refractivity contribution in [3.05, 3.63) is 28.7 Å². The summed E-state index contributed by atoms with van der Waals surface area (Å²) >= 11 is 3.52. The molecule has 1 aliphatic carbocycles. The van der Waals surface area contributed by atoms with Crippen molar-refractivity contribution >= 4 is 21.6 Å². The van der Waals surface area contributed by atoms with Crippen LogP contribution in [0.15, 0.2) is 28.7 Å². The quantitative estimate of drug-likeness (QED) is 0.803. The molecule has 0 aromatic heterocycles. The minimum atomic E-state index is 0.474. The summed E-state index contributed by atoms with van der Waals surface area (Å²) in [5, 5.41) is 3.68. The summed E-state index contributed by atoms with van der Waals surface area (Å²) < 4.78 is 1.14. The lowest BCUT2D eigenvalue weighted by atomic mass is 9.70. The lowest BCUT2D eigenvalue weighted by Gasteiger charge is -2.39. The minimum absolute atomic E-state index is 0.474. The number of rotatable bonds is 2. The first kappa shape index (κ1) is 12.9. The Balaban J connectivity index is 2.03. The van der Waals surface area contributed by atoms with Crippen molar-refractivity contribution in [3.63, 3.8) is 0 Å². The molecule has 1 aromatic rings. The summed E-state index contributed by atoms with van der Waals surface area (Å²) in [6.07, 6.45) is 3.91. The van der Waals surface area contributed by atoms with Crippen LogP contribution >= 0.6 is 15.9 Å². The summed E-state index contributed by atoms with van der Waals surface area (Å²) in [6, 6.07) is 9.08. The molecule has 94 valence electrons. The predicted octanol–water partition coefficient (Wildman–Crippen LogP) is 5.08. The van der Waals surface area contributed by atoms with E-state index in [2.05, 4.69) is 66.3 Å². The Bertz CT molecular complexity index is 386. The molecule has 1 nitrogen and oxygen atoms in total. The van der Waals surface area contributed by atoms with Gasteiger partial charge in [0.2, 0.25) is 0 Å². The summed E-state index contributed by atoms with van der Waals surface area (Å²) in [5.74, 6) is 0.823. The van der Waals surface area contributed by atoms with Crippen LogP contribution in [-0.4, -0.2) is 6.04 Å². The van der Waals surface area contributed by atoms with Gasteiger partial charge < -0.3 is 5.32 Å². The number of hydrogen-bond acceptors (Lipinski definition) is 1. The third-order valence-corrected chi connectivity index (χ3v) is 4.08. The summed E-state index contributed by atoms with van der Waals surface area (Å²) in [5.41, 5.74) is 1.70. The van der Waals surface area contributed by atoms with Gasteiger partial charge in [-0.3, -0.25) is 0 Å². The van der Waals surface area contributed by atoms with Crippen LogP contribution < -0.4 is 5.32 Å². The fourth-order valence-corrected chi connectivity index (χ4v) is 3.67. The van der Waals surface area contributed by atoms with Crippen LogP contribution in [0.4, 0.5) is 5.69 Å². The molecule has 0 saturated heterocycles. The van der Waals surface area contributed by atoms with E-state index in [0.29, 0.717) is 11.5 Å². The highest BCUT2D eigenvalue weighted by molar-refractivity contribution is 9.10. The van der Waals surface area contributed by atoms with E-state index in [9.17, 15) is 0 Å². The van der Waals surface area contributed by atoms with Gasteiger partial charge in [-0.25, -0.2) is 0 Å². The van der Waals surface area contributed by atoms with Crippen LogP contribution in [0.3, 0.4) is 0 Å². The molecular weight excluding hydrogens is 274 g/mol. The molecule has 0 amide bonds. The molecule has 0 bridgehead atoms. The number of nitrogens with one attached hydrogen (secondary N) is 1. The Morgan fingerprint density at radius 1 is 1.29 bits per heavy atom. The van der Waals surface area contributed by atoms with Crippen molar-refractivity contribution < 1.29 is 0 Å². The van der Waals surface area contributed by atoms with Gasteiger partial charge in [-0.1, -0.05) is 42.8 Å². The largest absolute Gasteiger partial charge is 0.382 e. The van der Waals surface area contributed by atoms with Gasteiger partial charge in [-0.05, 0) is 48.8 Å². The second-order valence-corrected chi connectivity index (χ2v) is 7.18. The van der Waals surface area contributed by atoms with Gasteiger partial charge in [0, 0.05) is 16.2 Å². The molecule has 1 N–H and O–H groups in total. The second-order valence-electron chi connectivity index (χ2n) is 6.26. The molecule has 17 heavy (non-hydrogen) atoms. The SMILES string of the molecule is CC1CC(Nc2cccc(Br)c2)CC(C)(C)C1. The number of hydrogen-bond donors (Lipinski definition) is 1. The average molecular weight is 296 g/mol. The van der Waals surface area contributed by atoms with Crippen molar-refractivity contribution in [1.29, 1.82) is 0 Å². The van der Waals surface area contributed by atoms with Gasteiger partial charge in [0.1, 0.15) is 0 Å². The molecule has 2 atom stereocenters. The molecule has 0 spiro atoms. The molecule has 2 heteroatoms. The molecule has 1 aromatic carbocycles. The molecule has 0 aliphatic heterocycles. The smallest absolute Gasteiger partial charge is 0.0353 e. The number of halogens is 1. The third-order valence-electron chi connectivity index (χ3n) is 3.58. The van der Waals surface area contributed by atoms with Gasteiger partial charge in [0.05, 0.1) is 0 Å². The average Bonchev–Trinajstić information content (AvgIpc) is 2.13. The van der Waals surface area contributed by atoms with E-state index >= 15 is 0 Å². The van der Waals surface area contributed by atoms with Gasteiger partial charge in [-0.15, -0.1) is 0 Å². The van der Waals surface area contributed by atoms with Crippen molar-refractivity contribution in [3.8, 4) is 0 Å². The lowest BCUT2D eigenvalue weighted by Crippen LogP contribution is -2.35. The fourth-order valence-electron chi connectivity index (χ4n) is 3.27. The maximum absolute atomic E-state index is 3.68. The van der Waals surface area contributed by atoms with E-state index in [-0.39, 0.29) is 0 Å². The molecule has 2 rings (SSSR count). The topological polar surface area (TPSA) is 12.0 Å². The van der Waals surface area contributed by atoms with E-state index in [1.54, 1.807) is 0 Å². The third kappa shape index (κ3) is 3.74. The Labute approximate surface area is 113 Å². The zero-order chi connectivity index (χ0) is 12.5. The standard InChI is InChI=1S/C15H22BrN/c1-11-7-14(10-15(2,3)9-11)17-13-6-4-5-12(16)8-13/h4-6,8,11,14,17H,7,9-10H2,1-3H3. The maximum Gasteiger partial charge on any atom is 0.0353 e. The Morgan fingerprint density at radius 3 is 2.71 bits per heavy atom. The zero-order valence-electron chi connectivity index (χ0n) is 11.0. The Morgan fingerprint density at radius 2 is 2.06 bits per heavy atom. The molecule has 0 radical (unpaired) electrons. The summed E-state index contributed by atoms with van der Waals surface area (Å²) in [4.78, 5) is 0. The monoisotopic (exact) mass is 295 g/mol. The molecule has 1 aliphatic rings. The van der Waals surface area contributed by atoms with E-state index in [0.717, 1.165) is 10.4 Å². The van der Waals surface area contributed by atoms with Crippen LogP contribution in [-0.2, 0) is 0 Å². The normalized spacial score (nSPS) is 27.8. The van der Waals surface area contributed by atoms with Crippen molar-refractivity contribution in [2.45, 2.75) is 46.1 Å². The van der Waals surface area contributed by atoms with Crippen LogP contribution in [0.1, 0.15) is 40.0 Å². The predicted molar refractivity (Wildman–Crippen MR) is 78.3 cm³/mol. The summed E-state index contributed by atoms with van der Waals surface area (Å²) in [6.45, 7) is 7.15. The zero-order valence-corrected chi connectivity index (χ0v) is 12.5. The second kappa shape index (κ2) is 5.01. The molecule has 1 saturated carbocycles. The highest BCUT2D eigenvalue weighted by atomic mass is 79.9. The first-order valence-corrected chi connectivity index (χ1v) is 7.26. The number of anilines is 1. The Hall–Kier alpha value is -0.500. The molecule has 0 heterocycles. The van der Waals surface area contributed by atoms with Gasteiger partial charge in [0.25, 0.3) is 0 Å². The van der Waals surface area contributed by atoms with Crippen LogP contribution in [0, 0.1) is 11.3 Å². The molecular formula is C15H22BrN. The number of benzene rings is 1. The van der Waals surface area contributed by atoms with Crippen LogP contribution in [0.5, 0.6) is 0 Å². The maximum atomic E-state index is 3.68. The molecule has 1 fully saturated rings. The fraction of sp³-hybridized carbons (Fsp3) is 0.600. The van der Waals surface area contributed by atoms with E-state index in [1.165, 1.54) is 24.9 Å². The van der Waals surface area contributed by atoms with Gasteiger partial charge in [0.15, 0.2) is 0 Å². The first-order valence-electron chi connectivity index (χ1n) is 6.47. The molecule has 2 unspecified atom stereocenters. The lowest BCUT2D eigenvalue weighted by molar-refractivity contribution is 0.178. The van der Waals surface area contributed by atoms with Crippen LogP contribution in [0.2, 0.25) is 0 Å². The van der Waals surface area contributed by atoms with Gasteiger partial charge in [-0.2, -0.15) is 0 Å². The van der Waals surface area contributed by atoms with Crippen molar-refractivity contribution in [2.75, 3.05) is 5.32 Å².